The van der Waals surface area contributed by atoms with Gasteiger partial charge in [0.15, 0.2) is 0 Å². The van der Waals surface area contributed by atoms with Gasteiger partial charge in [0.1, 0.15) is 67.0 Å². The molecule has 0 fully saturated rings. The molecule has 7 atom stereocenters. The molecule has 24 N–H and O–H groups in total. The van der Waals surface area contributed by atoms with Crippen molar-refractivity contribution in [3.63, 3.8) is 0 Å². The average Bonchev–Trinajstić information content (AvgIpc) is 3.31. The Morgan fingerprint density at radius 2 is 0.779 bits per heavy atom. The molecule has 27 heteroatoms. The van der Waals surface area contributed by atoms with Crippen LogP contribution in [0.25, 0.3) is 0 Å². The Morgan fingerprint density at radius 1 is 0.441 bits per heavy atom. The van der Waals surface area contributed by atoms with Crippen molar-refractivity contribution in [3.8, 4) is 11.5 Å². The number of esters is 3. The molecular formula is C41H60N8O19. The van der Waals surface area contributed by atoms with E-state index in [4.69, 9.17) is 90.5 Å². The van der Waals surface area contributed by atoms with E-state index < -0.39 is 116 Å². The van der Waals surface area contributed by atoms with Gasteiger partial charge in [-0.3, -0.25) is 33.6 Å². The van der Waals surface area contributed by atoms with Crippen LogP contribution in [0.5, 0.6) is 11.5 Å². The van der Waals surface area contributed by atoms with Gasteiger partial charge >= 0.3 is 47.8 Å². The Morgan fingerprint density at radius 3 is 1.15 bits per heavy atom. The number of phenolic OH excluding ortho intramolecular Hbond substituents is 1. The van der Waals surface area contributed by atoms with Gasteiger partial charge in [0, 0.05) is 0 Å². The summed E-state index contributed by atoms with van der Waals surface area (Å²) in [5.41, 5.74) is 44.4. The molecule has 3 aromatic carbocycles. The van der Waals surface area contributed by atoms with E-state index in [1.54, 1.807) is 36.4 Å². The topological polar surface area (TPSA) is 534 Å². The van der Waals surface area contributed by atoms with Gasteiger partial charge < -0.3 is 101 Å². The smallest absolute Gasteiger partial charge is 0.328 e. The van der Waals surface area contributed by atoms with Gasteiger partial charge in [0.2, 0.25) is 0 Å². The molecule has 0 aliphatic carbocycles. The summed E-state index contributed by atoms with van der Waals surface area (Å²) in [5, 5.41) is 65.5. The highest BCUT2D eigenvalue weighted by Crippen LogP contribution is 2.15. The van der Waals surface area contributed by atoms with Crippen LogP contribution in [0.15, 0.2) is 78.9 Å². The monoisotopic (exact) mass is 968 g/mol. The Kier molecular flexibility index (Phi) is 32.4. The van der Waals surface area contributed by atoms with Crippen LogP contribution in [0.1, 0.15) is 16.7 Å². The summed E-state index contributed by atoms with van der Waals surface area (Å²) < 4.78 is 14.9. The van der Waals surface area contributed by atoms with Crippen LogP contribution in [0.2, 0.25) is 0 Å². The normalized spacial score (nSPS) is 13.1. The maximum absolute atomic E-state index is 12.2. The molecule has 0 amide bonds. The molecule has 68 heavy (non-hydrogen) atoms. The summed E-state index contributed by atoms with van der Waals surface area (Å²) in [7, 11) is 0. The second-order valence-corrected chi connectivity index (χ2v) is 13.7. The van der Waals surface area contributed by atoms with E-state index in [2.05, 4.69) is 10.5 Å². The van der Waals surface area contributed by atoms with E-state index in [1.165, 1.54) is 12.1 Å². The van der Waals surface area contributed by atoms with Crippen LogP contribution in [-0.2, 0) is 67.1 Å². The minimum absolute atomic E-state index is 0.105. The number of aliphatic carboxylic acids is 5. The third-order valence-corrected chi connectivity index (χ3v) is 7.84. The highest BCUT2D eigenvalue weighted by molar-refractivity contribution is 5.80. The molecule has 3 aromatic rings. The maximum atomic E-state index is 12.2. The fourth-order valence-electron chi connectivity index (χ4n) is 4.00. The molecule has 378 valence electrons. The SMILES string of the molecule is NCC(=O)O.N[C@@H](CO)C(=O)O.N[C@@H](CO)C(=O)O.N[C@@H](COC(=O)[C@@H](N)COC(=O)[C@@H](N)Cc1ccc(OC(=O)[C@@H](N)Cc2ccccc2)cc1)C(=O)O.N[C@@H](Cc1ccc(O)cc1)C(=O)O. The van der Waals surface area contributed by atoms with Crippen molar-refractivity contribution < 1.29 is 93.4 Å². The summed E-state index contributed by atoms with van der Waals surface area (Å²) in [4.78, 5) is 85.6. The third-order valence-electron chi connectivity index (χ3n) is 7.84. The van der Waals surface area contributed by atoms with Gasteiger partial charge in [-0.1, -0.05) is 54.6 Å². The first-order chi connectivity index (χ1) is 31.8. The number of phenols is 1. The zero-order valence-electron chi connectivity index (χ0n) is 36.4. The third kappa shape index (κ3) is 30.1. The summed E-state index contributed by atoms with van der Waals surface area (Å²) in [5.74, 6) is -7.59. The van der Waals surface area contributed by atoms with E-state index >= 15 is 0 Å². The number of hydrogen-bond acceptors (Lipinski definition) is 22. The quantitative estimate of drug-likeness (QED) is 0.0351. The lowest BCUT2D eigenvalue weighted by Gasteiger charge is -2.16. The number of rotatable bonds is 21. The molecule has 0 saturated heterocycles. The molecular weight excluding hydrogens is 908 g/mol. The summed E-state index contributed by atoms with van der Waals surface area (Å²) in [6.45, 7) is -2.37. The highest BCUT2D eigenvalue weighted by atomic mass is 16.6. The number of aliphatic hydroxyl groups is 2. The maximum Gasteiger partial charge on any atom is 0.328 e. The summed E-state index contributed by atoms with van der Waals surface area (Å²) in [6.07, 6.45) is 0.718. The second kappa shape index (κ2) is 35.1. The van der Waals surface area contributed by atoms with Crippen molar-refractivity contribution in [1.82, 2.24) is 0 Å². The zero-order valence-corrected chi connectivity index (χ0v) is 36.4. The number of carboxylic acid groups (broad SMARTS) is 5. The van der Waals surface area contributed by atoms with Gasteiger partial charge in [-0.15, -0.1) is 0 Å². The van der Waals surface area contributed by atoms with Gasteiger partial charge in [0.25, 0.3) is 0 Å². The highest BCUT2D eigenvalue weighted by Gasteiger charge is 2.23. The summed E-state index contributed by atoms with van der Waals surface area (Å²) >= 11 is 0. The Labute approximate surface area is 388 Å². The Balaban J connectivity index is 0. The molecule has 0 unspecified atom stereocenters. The molecule has 27 nitrogen and oxygen atoms in total. The molecule has 0 aromatic heterocycles. The first-order valence-corrected chi connectivity index (χ1v) is 19.6. The zero-order chi connectivity index (χ0) is 52.5. The molecule has 0 saturated carbocycles. The largest absolute Gasteiger partial charge is 0.508 e. The number of carboxylic acids is 5. The predicted molar refractivity (Wildman–Crippen MR) is 237 cm³/mol. The number of benzene rings is 3. The van der Waals surface area contributed by atoms with Crippen molar-refractivity contribution in [2.24, 2.45) is 45.9 Å². The summed E-state index contributed by atoms with van der Waals surface area (Å²) in [6, 6.07) is 14.3. The van der Waals surface area contributed by atoms with E-state index in [0.29, 0.717) is 12.0 Å². The fraction of sp³-hybridized carbons (Fsp3) is 0.366. The lowest BCUT2D eigenvalue weighted by atomic mass is 10.1. The van der Waals surface area contributed by atoms with Crippen LogP contribution in [0.4, 0.5) is 0 Å². The minimum atomic E-state index is -1.39. The predicted octanol–water partition coefficient (Wildman–Crippen LogP) is -4.99. The van der Waals surface area contributed by atoms with Crippen molar-refractivity contribution in [2.75, 3.05) is 33.0 Å². The number of nitrogens with two attached hydrogens (primary N) is 8. The molecule has 0 aliphatic rings. The number of carbonyl (C=O) groups is 8. The van der Waals surface area contributed by atoms with Crippen molar-refractivity contribution >= 4 is 47.8 Å². The van der Waals surface area contributed by atoms with Crippen LogP contribution in [-0.4, -0.2) is 164 Å². The van der Waals surface area contributed by atoms with Crippen LogP contribution in [0.3, 0.4) is 0 Å². The molecule has 0 aliphatic heterocycles. The van der Waals surface area contributed by atoms with E-state index in [1.807, 2.05) is 30.3 Å². The standard InChI is InChI=1S/C24H30N4O8.C9H11NO3.2C3H7NO3.C2H5NO2/c25-17(22(31)35-13-20(28)23(32)34-12-19(27)21(29)30)11-15-6-8-16(9-7-15)36-24(33)18(26)10-14-4-2-1-3-5-14;10-8(9(12)13)5-6-1-3-7(11)4-2-6;2*4-2(1-5)3(6)7;3-1-2(4)5/h1-9,17-20H,10-13,25-28H2,(H,29,30);1-4,8,11H,5,10H2,(H,12,13);2*2,5H,1,4H2,(H,6,7);1,3H2,(H,4,5)/t17-,18-,19-,20-;8-;2*2-;/m0000./s1. The van der Waals surface area contributed by atoms with Crippen molar-refractivity contribution in [1.29, 1.82) is 0 Å². The molecule has 3 rings (SSSR count). The van der Waals surface area contributed by atoms with Crippen molar-refractivity contribution in [2.45, 2.75) is 61.6 Å². The number of hydrogen-bond donors (Lipinski definition) is 16. The average molecular weight is 969 g/mol. The van der Waals surface area contributed by atoms with Gasteiger partial charge in [-0.25, -0.2) is 4.79 Å². The lowest BCUT2D eigenvalue weighted by molar-refractivity contribution is -0.153. The van der Waals surface area contributed by atoms with Gasteiger partial charge in [-0.2, -0.15) is 0 Å². The number of ether oxygens (including phenoxy) is 3. The number of aromatic hydroxyl groups is 1. The molecule has 0 spiro atoms. The van der Waals surface area contributed by atoms with Crippen LogP contribution in [0, 0.1) is 0 Å². The van der Waals surface area contributed by atoms with Crippen molar-refractivity contribution in [3.05, 3.63) is 95.6 Å². The Hall–Kier alpha value is -7.18. The molecule has 0 radical (unpaired) electrons. The minimum Gasteiger partial charge on any atom is -0.508 e. The Bertz CT molecular complexity index is 1980. The number of carbonyl (C=O) groups excluding carboxylic acids is 3. The first-order valence-electron chi connectivity index (χ1n) is 19.6. The van der Waals surface area contributed by atoms with E-state index in [0.717, 1.165) is 11.1 Å². The fourth-order valence-corrected chi connectivity index (χ4v) is 4.00. The lowest BCUT2D eigenvalue weighted by Crippen LogP contribution is -2.43. The van der Waals surface area contributed by atoms with Crippen LogP contribution >= 0.6 is 0 Å². The van der Waals surface area contributed by atoms with Gasteiger partial charge in [-0.05, 0) is 60.2 Å². The molecule has 0 heterocycles. The number of aliphatic hydroxyl groups excluding tert-OH is 2. The van der Waals surface area contributed by atoms with E-state index in [9.17, 15) is 38.4 Å². The van der Waals surface area contributed by atoms with Crippen LogP contribution < -0.4 is 50.6 Å². The van der Waals surface area contributed by atoms with E-state index in [-0.39, 0.29) is 30.9 Å². The molecule has 0 bridgehead atoms. The van der Waals surface area contributed by atoms with Gasteiger partial charge in [0.05, 0.1) is 19.8 Å². The second-order valence-electron chi connectivity index (χ2n) is 13.7. The first kappa shape index (κ1) is 62.9.